The van der Waals surface area contributed by atoms with Crippen molar-refractivity contribution in [1.29, 1.82) is 0 Å². The van der Waals surface area contributed by atoms with Crippen LogP contribution >= 0.6 is 0 Å². The molecule has 0 atom stereocenters. The fourth-order valence-corrected chi connectivity index (χ4v) is 4.60. The molecule has 0 bridgehead atoms. The SMILES string of the molecule is CC(C)c1cc(O)ccc1S(=O)(=O)c1cccc2ccccc12. The van der Waals surface area contributed by atoms with E-state index in [1.165, 1.54) is 18.2 Å². The highest BCUT2D eigenvalue weighted by Crippen LogP contribution is 2.34. The van der Waals surface area contributed by atoms with Gasteiger partial charge in [-0.15, -0.1) is 0 Å². The summed E-state index contributed by atoms with van der Waals surface area (Å²) in [6.07, 6.45) is 0. The first-order valence-corrected chi connectivity index (χ1v) is 8.95. The Hall–Kier alpha value is -2.33. The summed E-state index contributed by atoms with van der Waals surface area (Å²) in [5.74, 6) is 0.0624. The average Bonchev–Trinajstić information content (AvgIpc) is 2.54. The second-order valence-corrected chi connectivity index (χ2v) is 7.74. The number of rotatable bonds is 3. The number of fused-ring (bicyclic) bond motifs is 1. The molecule has 0 fully saturated rings. The molecule has 0 aliphatic rings. The van der Waals surface area contributed by atoms with E-state index in [1.54, 1.807) is 12.1 Å². The first-order chi connectivity index (χ1) is 10.9. The highest BCUT2D eigenvalue weighted by Gasteiger charge is 2.24. The molecule has 3 nitrogen and oxygen atoms in total. The zero-order chi connectivity index (χ0) is 16.6. The van der Waals surface area contributed by atoms with E-state index >= 15 is 0 Å². The molecule has 0 saturated carbocycles. The molecule has 0 aromatic heterocycles. The fourth-order valence-electron chi connectivity index (χ4n) is 2.78. The van der Waals surface area contributed by atoms with Crippen LogP contribution in [0.2, 0.25) is 0 Å². The van der Waals surface area contributed by atoms with Crippen LogP contribution in [0.3, 0.4) is 0 Å². The molecule has 0 amide bonds. The van der Waals surface area contributed by atoms with Crippen molar-refractivity contribution in [1.82, 2.24) is 0 Å². The van der Waals surface area contributed by atoms with Gasteiger partial charge in [0.05, 0.1) is 9.79 Å². The van der Waals surface area contributed by atoms with Crippen LogP contribution in [-0.2, 0) is 9.84 Å². The second kappa shape index (κ2) is 5.70. The van der Waals surface area contributed by atoms with E-state index in [-0.39, 0.29) is 16.6 Å². The first kappa shape index (κ1) is 15.6. The van der Waals surface area contributed by atoms with Crippen molar-refractivity contribution < 1.29 is 13.5 Å². The molecule has 3 rings (SSSR count). The number of benzene rings is 3. The van der Waals surface area contributed by atoms with Gasteiger partial charge in [-0.1, -0.05) is 50.2 Å². The molecule has 1 N–H and O–H groups in total. The highest BCUT2D eigenvalue weighted by atomic mass is 32.2. The van der Waals surface area contributed by atoms with Gasteiger partial charge < -0.3 is 5.11 Å². The quantitative estimate of drug-likeness (QED) is 0.771. The van der Waals surface area contributed by atoms with E-state index < -0.39 is 9.84 Å². The molecule has 3 aromatic carbocycles. The normalized spacial score (nSPS) is 12.0. The molecule has 0 heterocycles. The number of hydrogen-bond donors (Lipinski definition) is 1. The van der Waals surface area contributed by atoms with Gasteiger partial charge >= 0.3 is 0 Å². The molecule has 0 saturated heterocycles. The maximum absolute atomic E-state index is 13.2. The molecular formula is C19H18O3S. The second-order valence-electron chi connectivity index (χ2n) is 5.86. The lowest BCUT2D eigenvalue weighted by Crippen LogP contribution is -2.07. The summed E-state index contributed by atoms with van der Waals surface area (Å²) >= 11 is 0. The van der Waals surface area contributed by atoms with Gasteiger partial charge in [0, 0.05) is 5.39 Å². The maximum atomic E-state index is 13.2. The number of phenols is 1. The zero-order valence-electron chi connectivity index (χ0n) is 13.0. The molecule has 0 spiro atoms. The fraction of sp³-hybridized carbons (Fsp3) is 0.158. The minimum Gasteiger partial charge on any atom is -0.508 e. The van der Waals surface area contributed by atoms with Crippen LogP contribution < -0.4 is 0 Å². The van der Waals surface area contributed by atoms with E-state index in [4.69, 9.17) is 0 Å². The minimum absolute atomic E-state index is 0.0122. The standard InChI is InChI=1S/C19H18O3S/c1-13(2)17-12-15(20)10-11-19(17)23(21,22)18-9-5-7-14-6-3-4-8-16(14)18/h3-13,20H,1-2H3. The smallest absolute Gasteiger partial charge is 0.207 e. The summed E-state index contributed by atoms with van der Waals surface area (Å²) in [6.45, 7) is 3.83. The third-order valence-corrected chi connectivity index (χ3v) is 5.83. The Bertz CT molecular complexity index is 968. The molecule has 0 aliphatic carbocycles. The number of phenolic OH excluding ortho intramolecular Hbond substituents is 1. The number of aromatic hydroxyl groups is 1. The van der Waals surface area contributed by atoms with Gasteiger partial charge in [0.2, 0.25) is 9.84 Å². The van der Waals surface area contributed by atoms with Crippen LogP contribution in [-0.4, -0.2) is 13.5 Å². The monoisotopic (exact) mass is 326 g/mol. The van der Waals surface area contributed by atoms with Gasteiger partial charge in [0.1, 0.15) is 5.75 Å². The lowest BCUT2D eigenvalue weighted by Gasteiger charge is -2.15. The summed E-state index contributed by atoms with van der Waals surface area (Å²) in [6, 6.07) is 17.2. The molecule has 23 heavy (non-hydrogen) atoms. The topological polar surface area (TPSA) is 54.4 Å². The van der Waals surface area contributed by atoms with Gasteiger partial charge in [-0.05, 0) is 41.1 Å². The average molecular weight is 326 g/mol. The van der Waals surface area contributed by atoms with E-state index in [0.29, 0.717) is 15.8 Å². The summed E-state index contributed by atoms with van der Waals surface area (Å²) in [4.78, 5) is 0.546. The number of sulfone groups is 1. The lowest BCUT2D eigenvalue weighted by atomic mass is 10.0. The maximum Gasteiger partial charge on any atom is 0.207 e. The van der Waals surface area contributed by atoms with Crippen LogP contribution in [0.4, 0.5) is 0 Å². The van der Waals surface area contributed by atoms with Crippen molar-refractivity contribution in [3.8, 4) is 5.75 Å². The van der Waals surface area contributed by atoms with Crippen molar-refractivity contribution in [3.05, 3.63) is 66.2 Å². The van der Waals surface area contributed by atoms with Crippen molar-refractivity contribution in [2.24, 2.45) is 0 Å². The van der Waals surface area contributed by atoms with E-state index in [0.717, 1.165) is 5.39 Å². The Morgan fingerprint density at radius 1 is 0.870 bits per heavy atom. The Labute approximate surface area is 136 Å². The van der Waals surface area contributed by atoms with Crippen LogP contribution in [0, 0.1) is 0 Å². The third kappa shape index (κ3) is 2.70. The summed E-state index contributed by atoms with van der Waals surface area (Å²) in [5, 5.41) is 11.3. The van der Waals surface area contributed by atoms with Crippen LogP contribution in [0.25, 0.3) is 10.8 Å². The highest BCUT2D eigenvalue weighted by molar-refractivity contribution is 7.91. The Morgan fingerprint density at radius 2 is 1.57 bits per heavy atom. The summed E-state index contributed by atoms with van der Waals surface area (Å²) in [7, 11) is -3.67. The minimum atomic E-state index is -3.67. The van der Waals surface area contributed by atoms with E-state index in [2.05, 4.69) is 0 Å². The van der Waals surface area contributed by atoms with Crippen LogP contribution in [0.1, 0.15) is 25.3 Å². The summed E-state index contributed by atoms with van der Waals surface area (Å²) in [5.41, 5.74) is 0.623. The first-order valence-electron chi connectivity index (χ1n) is 7.47. The Kier molecular flexibility index (Phi) is 3.86. The van der Waals surface area contributed by atoms with Gasteiger partial charge in [-0.2, -0.15) is 0 Å². The largest absolute Gasteiger partial charge is 0.508 e. The molecule has 0 aliphatic heterocycles. The van der Waals surface area contributed by atoms with Crippen molar-refractivity contribution in [2.45, 2.75) is 29.6 Å². The van der Waals surface area contributed by atoms with Crippen LogP contribution in [0.5, 0.6) is 5.75 Å². The number of hydrogen-bond acceptors (Lipinski definition) is 3. The van der Waals surface area contributed by atoms with Gasteiger partial charge in [-0.3, -0.25) is 0 Å². The molecule has 0 unspecified atom stereocenters. The van der Waals surface area contributed by atoms with Crippen LogP contribution in [0.15, 0.2) is 70.5 Å². The van der Waals surface area contributed by atoms with Crippen molar-refractivity contribution in [2.75, 3.05) is 0 Å². The Morgan fingerprint density at radius 3 is 2.30 bits per heavy atom. The predicted molar refractivity (Wildman–Crippen MR) is 91.6 cm³/mol. The van der Waals surface area contributed by atoms with Crippen molar-refractivity contribution in [3.63, 3.8) is 0 Å². The van der Waals surface area contributed by atoms with Gasteiger partial charge in [0.25, 0.3) is 0 Å². The molecule has 4 heteroatoms. The predicted octanol–water partition coefficient (Wildman–Crippen LogP) is 4.50. The zero-order valence-corrected chi connectivity index (χ0v) is 13.8. The molecule has 3 aromatic rings. The lowest BCUT2D eigenvalue weighted by molar-refractivity contribution is 0.473. The van der Waals surface area contributed by atoms with Gasteiger partial charge in [0.15, 0.2) is 0 Å². The molecular weight excluding hydrogens is 308 g/mol. The van der Waals surface area contributed by atoms with Gasteiger partial charge in [-0.25, -0.2) is 8.42 Å². The van der Waals surface area contributed by atoms with Crippen molar-refractivity contribution >= 4 is 20.6 Å². The molecule has 0 radical (unpaired) electrons. The van der Waals surface area contributed by atoms with E-state index in [1.807, 2.05) is 44.2 Å². The Balaban J connectivity index is 2.31. The molecule has 118 valence electrons. The third-order valence-electron chi connectivity index (χ3n) is 3.94. The summed E-state index contributed by atoms with van der Waals surface area (Å²) < 4.78 is 26.4. The van der Waals surface area contributed by atoms with E-state index in [9.17, 15) is 13.5 Å².